The molecule has 1 aliphatic rings. The van der Waals surface area contributed by atoms with Crippen LogP contribution in [0.15, 0.2) is 54.6 Å². The van der Waals surface area contributed by atoms with Crippen molar-refractivity contribution >= 4 is 6.09 Å². The molecule has 0 saturated carbocycles. The zero-order valence-corrected chi connectivity index (χ0v) is 14.1. The first-order chi connectivity index (χ1) is 12.2. The largest absolute Gasteiger partial charge is 0.415 e. The number of carbonyl (C=O) groups excluding carboxylic acids is 1. The van der Waals surface area contributed by atoms with E-state index in [1.807, 2.05) is 42.5 Å². The van der Waals surface area contributed by atoms with Gasteiger partial charge in [0.15, 0.2) is 0 Å². The molecule has 0 aromatic heterocycles. The molecule has 1 aliphatic heterocycles. The van der Waals surface area contributed by atoms with Crippen LogP contribution in [0.3, 0.4) is 0 Å². The van der Waals surface area contributed by atoms with E-state index in [4.69, 9.17) is 10.00 Å². The van der Waals surface area contributed by atoms with Crippen LogP contribution in [0, 0.1) is 11.3 Å². The monoisotopic (exact) mass is 335 g/mol. The number of nitriles is 1. The molecule has 0 aliphatic carbocycles. The minimum atomic E-state index is -0.286. The minimum Gasteiger partial charge on any atom is -0.410 e. The highest BCUT2D eigenvalue weighted by Gasteiger charge is 2.20. The molecule has 2 aromatic rings. The number of hydrogen-bond acceptors (Lipinski definition) is 4. The van der Waals surface area contributed by atoms with Crippen LogP contribution in [-0.2, 0) is 6.54 Å². The van der Waals surface area contributed by atoms with Crippen molar-refractivity contribution in [3.05, 3.63) is 65.7 Å². The maximum atomic E-state index is 12.3. The topological polar surface area (TPSA) is 56.6 Å². The predicted molar refractivity (Wildman–Crippen MR) is 95.1 cm³/mol. The fourth-order valence-electron chi connectivity index (χ4n) is 2.91. The summed E-state index contributed by atoms with van der Waals surface area (Å²) in [7, 11) is 0. The van der Waals surface area contributed by atoms with E-state index in [0.717, 1.165) is 26.1 Å². The molecule has 0 spiro atoms. The van der Waals surface area contributed by atoms with Crippen molar-refractivity contribution in [2.45, 2.75) is 13.0 Å². The highest BCUT2D eigenvalue weighted by atomic mass is 16.6. The molecule has 128 valence electrons. The number of hydrogen-bond donors (Lipinski definition) is 0. The fourth-order valence-corrected chi connectivity index (χ4v) is 2.91. The lowest BCUT2D eigenvalue weighted by Crippen LogP contribution is -2.36. The van der Waals surface area contributed by atoms with Crippen LogP contribution in [0.5, 0.6) is 5.75 Å². The average Bonchev–Trinajstić information content (AvgIpc) is 2.89. The van der Waals surface area contributed by atoms with Crippen LogP contribution in [0.4, 0.5) is 4.79 Å². The lowest BCUT2D eigenvalue weighted by atomic mass is 10.1. The number of benzene rings is 2. The third-order valence-electron chi connectivity index (χ3n) is 4.28. The molecule has 0 unspecified atom stereocenters. The Labute approximate surface area is 148 Å². The highest BCUT2D eigenvalue weighted by Crippen LogP contribution is 2.13. The van der Waals surface area contributed by atoms with E-state index in [9.17, 15) is 4.79 Å². The van der Waals surface area contributed by atoms with E-state index in [0.29, 0.717) is 24.4 Å². The summed E-state index contributed by atoms with van der Waals surface area (Å²) in [6.07, 6.45) is 0.631. The molecule has 0 atom stereocenters. The van der Waals surface area contributed by atoms with Crippen molar-refractivity contribution in [2.75, 3.05) is 26.2 Å². The van der Waals surface area contributed by atoms with Crippen LogP contribution in [-0.4, -0.2) is 42.1 Å². The summed E-state index contributed by atoms with van der Waals surface area (Å²) in [6, 6.07) is 19.0. The first kappa shape index (κ1) is 17.0. The van der Waals surface area contributed by atoms with Gasteiger partial charge in [-0.25, -0.2) is 4.79 Å². The third kappa shape index (κ3) is 4.82. The van der Waals surface area contributed by atoms with Gasteiger partial charge in [0.05, 0.1) is 11.6 Å². The highest BCUT2D eigenvalue weighted by molar-refractivity contribution is 5.70. The van der Waals surface area contributed by atoms with Gasteiger partial charge in [-0.15, -0.1) is 0 Å². The van der Waals surface area contributed by atoms with E-state index >= 15 is 0 Å². The number of amides is 1. The van der Waals surface area contributed by atoms with Gasteiger partial charge in [0.25, 0.3) is 0 Å². The molecule has 0 N–H and O–H groups in total. The van der Waals surface area contributed by atoms with Crippen molar-refractivity contribution < 1.29 is 9.53 Å². The number of ether oxygens (including phenoxy) is 1. The summed E-state index contributed by atoms with van der Waals surface area (Å²) in [5, 5.41) is 8.86. The minimum absolute atomic E-state index is 0.286. The molecule has 2 aromatic carbocycles. The Hall–Kier alpha value is -2.84. The molecule has 1 heterocycles. The van der Waals surface area contributed by atoms with E-state index < -0.39 is 0 Å². The Kier molecular flexibility index (Phi) is 5.65. The zero-order chi connectivity index (χ0) is 17.5. The Morgan fingerprint density at radius 1 is 1.00 bits per heavy atom. The van der Waals surface area contributed by atoms with Gasteiger partial charge >= 0.3 is 6.09 Å². The molecule has 5 nitrogen and oxygen atoms in total. The van der Waals surface area contributed by atoms with Gasteiger partial charge in [0.2, 0.25) is 0 Å². The molecule has 1 saturated heterocycles. The molecule has 0 bridgehead atoms. The second-order valence-corrected chi connectivity index (χ2v) is 6.11. The SMILES string of the molecule is N#Cc1ccc(CN2CCCN(C(=O)Oc3ccccc3)CC2)cc1. The zero-order valence-electron chi connectivity index (χ0n) is 14.1. The summed E-state index contributed by atoms with van der Waals surface area (Å²) >= 11 is 0. The number of nitrogens with zero attached hydrogens (tertiary/aromatic N) is 3. The van der Waals surface area contributed by atoms with Crippen LogP contribution in [0.2, 0.25) is 0 Å². The molecule has 5 heteroatoms. The van der Waals surface area contributed by atoms with E-state index in [1.54, 1.807) is 17.0 Å². The molecule has 1 amide bonds. The molecule has 0 radical (unpaired) electrons. The summed E-state index contributed by atoms with van der Waals surface area (Å²) in [5.41, 5.74) is 1.86. The maximum absolute atomic E-state index is 12.3. The Morgan fingerprint density at radius 3 is 2.48 bits per heavy atom. The lowest BCUT2D eigenvalue weighted by Gasteiger charge is -2.21. The average molecular weight is 335 g/mol. The Morgan fingerprint density at radius 2 is 1.76 bits per heavy atom. The Bertz CT molecular complexity index is 738. The van der Waals surface area contributed by atoms with E-state index in [-0.39, 0.29) is 6.09 Å². The van der Waals surface area contributed by atoms with Gasteiger partial charge in [-0.05, 0) is 36.2 Å². The summed E-state index contributed by atoms with van der Waals surface area (Å²) in [6.45, 7) is 3.93. The quantitative estimate of drug-likeness (QED) is 0.864. The number of rotatable bonds is 3. The maximum Gasteiger partial charge on any atom is 0.415 e. The van der Waals surface area contributed by atoms with E-state index in [1.165, 1.54) is 5.56 Å². The molecular weight excluding hydrogens is 314 g/mol. The van der Waals surface area contributed by atoms with Crippen molar-refractivity contribution in [1.29, 1.82) is 5.26 Å². The van der Waals surface area contributed by atoms with Gasteiger partial charge in [-0.2, -0.15) is 5.26 Å². The van der Waals surface area contributed by atoms with Crippen molar-refractivity contribution in [2.24, 2.45) is 0 Å². The van der Waals surface area contributed by atoms with E-state index in [2.05, 4.69) is 11.0 Å². The summed E-state index contributed by atoms with van der Waals surface area (Å²) < 4.78 is 5.43. The first-order valence-corrected chi connectivity index (χ1v) is 8.48. The van der Waals surface area contributed by atoms with Crippen LogP contribution in [0.25, 0.3) is 0 Å². The van der Waals surface area contributed by atoms with Crippen LogP contribution in [0.1, 0.15) is 17.5 Å². The molecule has 25 heavy (non-hydrogen) atoms. The summed E-state index contributed by atoms with van der Waals surface area (Å²) in [4.78, 5) is 16.4. The van der Waals surface area contributed by atoms with Gasteiger partial charge in [0.1, 0.15) is 5.75 Å². The van der Waals surface area contributed by atoms with Crippen molar-refractivity contribution in [3.8, 4) is 11.8 Å². The lowest BCUT2D eigenvalue weighted by molar-refractivity contribution is 0.153. The number of carbonyl (C=O) groups is 1. The van der Waals surface area contributed by atoms with Crippen LogP contribution >= 0.6 is 0 Å². The smallest absolute Gasteiger partial charge is 0.410 e. The second kappa shape index (κ2) is 8.32. The predicted octanol–water partition coefficient (Wildman–Crippen LogP) is 3.26. The second-order valence-electron chi connectivity index (χ2n) is 6.11. The number of para-hydroxylation sites is 1. The summed E-state index contributed by atoms with van der Waals surface area (Å²) in [5.74, 6) is 0.575. The van der Waals surface area contributed by atoms with Crippen molar-refractivity contribution in [1.82, 2.24) is 9.80 Å². The van der Waals surface area contributed by atoms with Gasteiger partial charge in [-0.1, -0.05) is 30.3 Å². The first-order valence-electron chi connectivity index (χ1n) is 8.48. The fraction of sp³-hybridized carbons (Fsp3) is 0.300. The molecular formula is C20H21N3O2. The standard InChI is InChI=1S/C20H21N3O2/c21-15-17-7-9-18(10-8-17)16-22-11-4-12-23(14-13-22)20(24)25-19-5-2-1-3-6-19/h1-3,5-10H,4,11-14,16H2. The van der Waals surface area contributed by atoms with Gasteiger partial charge in [0, 0.05) is 32.7 Å². The molecule has 1 fully saturated rings. The van der Waals surface area contributed by atoms with Gasteiger partial charge in [-0.3, -0.25) is 4.90 Å². The van der Waals surface area contributed by atoms with Gasteiger partial charge < -0.3 is 9.64 Å². The van der Waals surface area contributed by atoms with Crippen molar-refractivity contribution in [3.63, 3.8) is 0 Å². The van der Waals surface area contributed by atoms with Crippen LogP contribution < -0.4 is 4.74 Å². The molecule has 3 rings (SSSR count). The normalized spacial score (nSPS) is 15.2. The Balaban J connectivity index is 1.53. The third-order valence-corrected chi connectivity index (χ3v) is 4.28.